The molecule has 0 spiro atoms. The number of hydrogen-bond donors (Lipinski definition) is 0. The molecule has 1 aliphatic rings. The van der Waals surface area contributed by atoms with Crippen LogP contribution in [0.25, 0.3) is 0 Å². The lowest BCUT2D eigenvalue weighted by Gasteiger charge is -2.08. The Bertz CT molecular complexity index is 475. The van der Waals surface area contributed by atoms with Crippen molar-refractivity contribution >= 4 is 9.84 Å². The smallest absolute Gasteiger partial charge is 0.180 e. The van der Waals surface area contributed by atoms with E-state index in [1.807, 2.05) is 6.07 Å². The first-order chi connectivity index (χ1) is 7.01. The predicted octanol–water partition coefficient (Wildman–Crippen LogP) is 1.80. The van der Waals surface area contributed by atoms with E-state index in [0.29, 0.717) is 11.5 Å². The van der Waals surface area contributed by atoms with Crippen LogP contribution in [0.5, 0.6) is 5.75 Å². The zero-order valence-electron chi connectivity index (χ0n) is 8.86. The Hall–Kier alpha value is -1.03. The van der Waals surface area contributed by atoms with Gasteiger partial charge in [0.25, 0.3) is 0 Å². The fourth-order valence-corrected chi connectivity index (χ4v) is 2.67. The van der Waals surface area contributed by atoms with E-state index >= 15 is 0 Å². The molecular formula is C11H14O3S. The van der Waals surface area contributed by atoms with Gasteiger partial charge in [-0.2, -0.15) is 0 Å². The van der Waals surface area contributed by atoms with Crippen molar-refractivity contribution in [2.45, 2.75) is 30.4 Å². The highest BCUT2D eigenvalue weighted by atomic mass is 32.2. The minimum Gasteiger partial charge on any atom is -0.493 e. The van der Waals surface area contributed by atoms with Crippen LogP contribution in [-0.4, -0.2) is 20.3 Å². The molecule has 0 radical (unpaired) electrons. The Labute approximate surface area is 90.0 Å². The zero-order chi connectivity index (χ0) is 11.1. The molecule has 4 heteroatoms. The van der Waals surface area contributed by atoms with Crippen LogP contribution in [0.15, 0.2) is 23.1 Å². The molecule has 0 bridgehead atoms. The van der Waals surface area contributed by atoms with E-state index in [1.54, 1.807) is 26.0 Å². The van der Waals surface area contributed by atoms with Gasteiger partial charge >= 0.3 is 0 Å². The first-order valence-corrected chi connectivity index (χ1v) is 6.56. The van der Waals surface area contributed by atoms with Crippen molar-refractivity contribution in [1.82, 2.24) is 0 Å². The van der Waals surface area contributed by atoms with Crippen LogP contribution >= 0.6 is 0 Å². The number of benzene rings is 1. The standard InChI is InChI=1S/C11H14O3S/c1-8(2)15(12,13)10-4-3-9-5-6-14-11(9)7-10/h3-4,7-8H,5-6H2,1-2H3. The third kappa shape index (κ3) is 1.74. The van der Waals surface area contributed by atoms with Crippen LogP contribution in [0.2, 0.25) is 0 Å². The first-order valence-electron chi connectivity index (χ1n) is 5.01. The summed E-state index contributed by atoms with van der Waals surface area (Å²) in [7, 11) is -3.18. The van der Waals surface area contributed by atoms with Gasteiger partial charge in [-0.1, -0.05) is 6.07 Å². The van der Waals surface area contributed by atoms with Crippen molar-refractivity contribution in [3.8, 4) is 5.75 Å². The summed E-state index contributed by atoms with van der Waals surface area (Å²) in [5.74, 6) is 0.719. The van der Waals surface area contributed by atoms with Crippen LogP contribution in [0, 0.1) is 0 Å². The van der Waals surface area contributed by atoms with Crippen LogP contribution in [-0.2, 0) is 16.3 Å². The molecule has 0 aliphatic carbocycles. The maximum Gasteiger partial charge on any atom is 0.180 e. The summed E-state index contributed by atoms with van der Waals surface area (Å²) < 4.78 is 29.1. The molecule has 0 aromatic heterocycles. The van der Waals surface area contributed by atoms with Gasteiger partial charge in [-0.05, 0) is 31.5 Å². The summed E-state index contributed by atoms with van der Waals surface area (Å²) in [6.45, 7) is 4.02. The molecule has 15 heavy (non-hydrogen) atoms. The maximum absolute atomic E-state index is 11.9. The Kier molecular flexibility index (Phi) is 2.46. The lowest BCUT2D eigenvalue weighted by atomic mass is 10.2. The van der Waals surface area contributed by atoms with Gasteiger partial charge < -0.3 is 4.74 Å². The summed E-state index contributed by atoms with van der Waals surface area (Å²) in [5, 5.41) is -0.392. The van der Waals surface area contributed by atoms with Crippen LogP contribution in [0.3, 0.4) is 0 Å². The molecule has 1 aromatic rings. The van der Waals surface area contributed by atoms with Crippen LogP contribution in [0.4, 0.5) is 0 Å². The Balaban J connectivity index is 2.48. The van der Waals surface area contributed by atoms with Gasteiger partial charge in [-0.25, -0.2) is 8.42 Å². The van der Waals surface area contributed by atoms with Crippen LogP contribution < -0.4 is 4.74 Å². The third-order valence-electron chi connectivity index (χ3n) is 2.62. The van der Waals surface area contributed by atoms with Gasteiger partial charge in [0.1, 0.15) is 5.75 Å². The van der Waals surface area contributed by atoms with E-state index in [4.69, 9.17) is 4.74 Å². The van der Waals surface area contributed by atoms with Gasteiger partial charge in [-0.15, -0.1) is 0 Å². The first kappa shape index (κ1) is 10.5. The highest BCUT2D eigenvalue weighted by Crippen LogP contribution is 2.29. The molecule has 82 valence electrons. The van der Waals surface area contributed by atoms with E-state index in [9.17, 15) is 8.42 Å². The molecule has 0 saturated heterocycles. The molecule has 2 rings (SSSR count). The molecule has 0 saturated carbocycles. The molecule has 0 unspecified atom stereocenters. The van der Waals surface area contributed by atoms with Gasteiger partial charge in [0.2, 0.25) is 0 Å². The lowest BCUT2D eigenvalue weighted by Crippen LogP contribution is -2.13. The minimum absolute atomic E-state index is 0.359. The second-order valence-electron chi connectivity index (χ2n) is 3.96. The Morgan fingerprint density at radius 3 is 2.73 bits per heavy atom. The number of sulfone groups is 1. The second kappa shape index (κ2) is 3.52. The molecule has 1 aliphatic heterocycles. The summed E-state index contributed by atoms with van der Waals surface area (Å²) in [4.78, 5) is 0.359. The normalized spacial score (nSPS) is 15.1. The monoisotopic (exact) mass is 226 g/mol. The van der Waals surface area contributed by atoms with Crippen molar-refractivity contribution in [3.05, 3.63) is 23.8 Å². The Morgan fingerprint density at radius 2 is 2.07 bits per heavy atom. The average molecular weight is 226 g/mol. The minimum atomic E-state index is -3.18. The van der Waals surface area contributed by atoms with Crippen molar-refractivity contribution < 1.29 is 13.2 Å². The predicted molar refractivity (Wildman–Crippen MR) is 58.0 cm³/mol. The Morgan fingerprint density at radius 1 is 1.33 bits per heavy atom. The van der Waals surface area contributed by atoms with Gasteiger partial charge in [-0.3, -0.25) is 0 Å². The molecule has 1 aromatic carbocycles. The molecular weight excluding hydrogens is 212 g/mol. The summed E-state index contributed by atoms with van der Waals surface area (Å²) in [6, 6.07) is 5.15. The fraction of sp³-hybridized carbons (Fsp3) is 0.455. The highest BCUT2D eigenvalue weighted by Gasteiger charge is 2.22. The van der Waals surface area contributed by atoms with Crippen molar-refractivity contribution in [2.75, 3.05) is 6.61 Å². The van der Waals surface area contributed by atoms with Crippen molar-refractivity contribution in [2.24, 2.45) is 0 Å². The lowest BCUT2D eigenvalue weighted by molar-refractivity contribution is 0.356. The maximum atomic E-state index is 11.9. The molecule has 0 N–H and O–H groups in total. The molecule has 0 amide bonds. The topological polar surface area (TPSA) is 43.4 Å². The molecule has 0 atom stereocenters. The summed E-state index contributed by atoms with van der Waals surface area (Å²) >= 11 is 0. The van der Waals surface area contributed by atoms with Crippen molar-refractivity contribution in [3.63, 3.8) is 0 Å². The summed E-state index contributed by atoms with van der Waals surface area (Å²) in [6.07, 6.45) is 0.872. The van der Waals surface area contributed by atoms with Gasteiger partial charge in [0, 0.05) is 6.42 Å². The SMILES string of the molecule is CC(C)S(=O)(=O)c1ccc2c(c1)OCC2. The van der Waals surface area contributed by atoms with Gasteiger partial charge in [0.15, 0.2) is 9.84 Å². The zero-order valence-corrected chi connectivity index (χ0v) is 9.67. The highest BCUT2D eigenvalue weighted by molar-refractivity contribution is 7.92. The fourth-order valence-electron chi connectivity index (χ4n) is 1.60. The van der Waals surface area contributed by atoms with E-state index in [2.05, 4.69) is 0 Å². The van der Waals surface area contributed by atoms with E-state index in [-0.39, 0.29) is 0 Å². The van der Waals surface area contributed by atoms with Gasteiger partial charge in [0.05, 0.1) is 16.8 Å². The quantitative estimate of drug-likeness (QED) is 0.772. The van der Waals surface area contributed by atoms with Crippen molar-refractivity contribution in [1.29, 1.82) is 0 Å². The third-order valence-corrected chi connectivity index (χ3v) is 4.77. The molecule has 1 heterocycles. The largest absolute Gasteiger partial charge is 0.493 e. The number of ether oxygens (including phenoxy) is 1. The van der Waals surface area contributed by atoms with E-state index in [0.717, 1.165) is 17.7 Å². The second-order valence-corrected chi connectivity index (χ2v) is 6.47. The van der Waals surface area contributed by atoms with E-state index < -0.39 is 15.1 Å². The molecule has 0 fully saturated rings. The number of fused-ring (bicyclic) bond motifs is 1. The van der Waals surface area contributed by atoms with E-state index in [1.165, 1.54) is 0 Å². The molecule has 3 nitrogen and oxygen atoms in total. The summed E-state index contributed by atoms with van der Waals surface area (Å²) in [5.41, 5.74) is 1.10. The number of hydrogen-bond acceptors (Lipinski definition) is 3. The van der Waals surface area contributed by atoms with Crippen LogP contribution in [0.1, 0.15) is 19.4 Å². The average Bonchev–Trinajstić information content (AvgIpc) is 2.63. The number of rotatable bonds is 2.